The third kappa shape index (κ3) is 3.04. The molecular formula is C14H13F3N4O2S. The number of hydrogen-bond donors (Lipinski definition) is 0. The van der Waals surface area contributed by atoms with E-state index in [0.29, 0.717) is 21.8 Å². The van der Waals surface area contributed by atoms with E-state index in [1.807, 2.05) is 0 Å². The molecule has 3 rings (SSSR count). The van der Waals surface area contributed by atoms with Crippen molar-refractivity contribution in [3.05, 3.63) is 30.1 Å². The predicted molar refractivity (Wildman–Crippen MR) is 81.8 cm³/mol. The summed E-state index contributed by atoms with van der Waals surface area (Å²) in [7, 11) is 2.97. The van der Waals surface area contributed by atoms with Crippen LogP contribution in [0.5, 0.6) is 0 Å². The summed E-state index contributed by atoms with van der Waals surface area (Å²) in [6.45, 7) is 0. The lowest BCUT2D eigenvalue weighted by molar-refractivity contribution is -0.145. The average molecular weight is 358 g/mol. The highest BCUT2D eigenvalue weighted by Crippen LogP contribution is 2.33. The minimum atomic E-state index is -4.62. The van der Waals surface area contributed by atoms with Crippen molar-refractivity contribution in [2.45, 2.75) is 17.5 Å². The van der Waals surface area contributed by atoms with E-state index in [9.17, 15) is 13.2 Å². The summed E-state index contributed by atoms with van der Waals surface area (Å²) in [4.78, 5) is 4.40. The molecule has 0 atom stereocenters. The molecule has 6 nitrogen and oxygen atoms in total. The molecule has 0 aliphatic heterocycles. The molecule has 24 heavy (non-hydrogen) atoms. The van der Waals surface area contributed by atoms with Crippen LogP contribution >= 0.6 is 11.8 Å². The maximum atomic E-state index is 13.2. The van der Waals surface area contributed by atoms with Crippen molar-refractivity contribution in [2.24, 2.45) is 0 Å². The van der Waals surface area contributed by atoms with Crippen LogP contribution in [0.1, 0.15) is 5.82 Å². The fraction of sp³-hybridized carbons (Fsp3) is 0.357. The molecule has 128 valence electrons. The third-order valence-electron chi connectivity index (χ3n) is 3.33. The lowest BCUT2D eigenvalue weighted by atomic mass is 10.3. The summed E-state index contributed by atoms with van der Waals surface area (Å²) in [5.41, 5.74) is 0.769. The number of thioether (sulfide) groups is 1. The van der Waals surface area contributed by atoms with Crippen LogP contribution in [-0.2, 0) is 15.7 Å². The minimum absolute atomic E-state index is 0.0528. The summed E-state index contributed by atoms with van der Waals surface area (Å²) in [6.07, 6.45) is -5.12. The Bertz CT molecular complexity index is 864. The standard InChI is InChI=1S/C14H13F3N4O2S/c1-22-10(23-2)7-24-12-11-19-20-13(14(15,16)17)21(11)9-6-4-3-5-8(9)18-12/h3-6,10H,7H2,1-2H3. The van der Waals surface area contributed by atoms with Crippen molar-refractivity contribution in [3.8, 4) is 0 Å². The first-order valence-corrected chi connectivity index (χ1v) is 7.83. The first-order chi connectivity index (χ1) is 11.5. The lowest BCUT2D eigenvalue weighted by Gasteiger charge is -2.13. The summed E-state index contributed by atoms with van der Waals surface area (Å²) >= 11 is 1.19. The zero-order valence-electron chi connectivity index (χ0n) is 12.7. The minimum Gasteiger partial charge on any atom is -0.355 e. The molecule has 0 bridgehead atoms. The van der Waals surface area contributed by atoms with Crippen molar-refractivity contribution < 1.29 is 22.6 Å². The molecule has 0 saturated heterocycles. The van der Waals surface area contributed by atoms with Crippen molar-refractivity contribution >= 4 is 28.4 Å². The van der Waals surface area contributed by atoms with Crippen molar-refractivity contribution in [3.63, 3.8) is 0 Å². The molecule has 0 spiro atoms. The van der Waals surface area contributed by atoms with Crippen LogP contribution < -0.4 is 0 Å². The first-order valence-electron chi connectivity index (χ1n) is 6.85. The van der Waals surface area contributed by atoms with Crippen LogP contribution in [0.25, 0.3) is 16.7 Å². The van der Waals surface area contributed by atoms with Crippen molar-refractivity contribution in [1.82, 2.24) is 19.6 Å². The van der Waals surface area contributed by atoms with Crippen LogP contribution in [0.4, 0.5) is 13.2 Å². The van der Waals surface area contributed by atoms with E-state index in [1.165, 1.54) is 26.0 Å². The Labute approximate surface area is 139 Å². The Morgan fingerprint density at radius 1 is 1.17 bits per heavy atom. The van der Waals surface area contributed by atoms with Gasteiger partial charge in [-0.25, -0.2) is 4.98 Å². The van der Waals surface area contributed by atoms with E-state index in [-0.39, 0.29) is 5.65 Å². The highest BCUT2D eigenvalue weighted by Gasteiger charge is 2.38. The van der Waals surface area contributed by atoms with Crippen LogP contribution in [0.15, 0.2) is 29.3 Å². The smallest absolute Gasteiger partial charge is 0.355 e. The number of aromatic nitrogens is 4. The fourth-order valence-electron chi connectivity index (χ4n) is 2.22. The topological polar surface area (TPSA) is 61.5 Å². The van der Waals surface area contributed by atoms with Gasteiger partial charge < -0.3 is 9.47 Å². The van der Waals surface area contributed by atoms with Crippen LogP contribution in [0, 0.1) is 0 Å². The van der Waals surface area contributed by atoms with Gasteiger partial charge in [-0.1, -0.05) is 23.9 Å². The molecule has 0 aliphatic rings. The van der Waals surface area contributed by atoms with Gasteiger partial charge in [0.15, 0.2) is 11.9 Å². The van der Waals surface area contributed by atoms with E-state index in [1.54, 1.807) is 24.3 Å². The second-order valence-electron chi connectivity index (χ2n) is 4.80. The van der Waals surface area contributed by atoms with E-state index >= 15 is 0 Å². The zero-order valence-corrected chi connectivity index (χ0v) is 13.6. The number of fused-ring (bicyclic) bond motifs is 3. The predicted octanol–water partition coefficient (Wildman–Crippen LogP) is 3.01. The van der Waals surface area contributed by atoms with E-state index in [4.69, 9.17) is 9.47 Å². The molecule has 2 heterocycles. The maximum absolute atomic E-state index is 13.2. The monoisotopic (exact) mass is 358 g/mol. The second-order valence-corrected chi connectivity index (χ2v) is 5.81. The van der Waals surface area contributed by atoms with Gasteiger partial charge in [-0.15, -0.1) is 10.2 Å². The normalized spacial score (nSPS) is 12.6. The van der Waals surface area contributed by atoms with Gasteiger partial charge in [-0.3, -0.25) is 4.40 Å². The van der Waals surface area contributed by atoms with Gasteiger partial charge in [0.05, 0.1) is 16.8 Å². The Morgan fingerprint density at radius 2 is 1.88 bits per heavy atom. The zero-order chi connectivity index (χ0) is 17.3. The number of nitrogens with zero attached hydrogens (tertiary/aromatic N) is 4. The molecule has 0 N–H and O–H groups in total. The van der Waals surface area contributed by atoms with Gasteiger partial charge in [-0.2, -0.15) is 13.2 Å². The van der Waals surface area contributed by atoms with Crippen molar-refractivity contribution in [2.75, 3.05) is 20.0 Å². The SMILES string of the molecule is COC(CSc1nc2ccccc2n2c(C(F)(F)F)nnc12)OC. The highest BCUT2D eigenvalue weighted by molar-refractivity contribution is 7.99. The summed E-state index contributed by atoms with van der Waals surface area (Å²) < 4.78 is 50.9. The number of alkyl halides is 3. The number of hydrogen-bond acceptors (Lipinski definition) is 6. The fourth-order valence-corrected chi connectivity index (χ4v) is 3.21. The number of benzene rings is 1. The molecule has 0 radical (unpaired) electrons. The number of ether oxygens (including phenoxy) is 2. The largest absolute Gasteiger partial charge is 0.452 e. The molecule has 0 fully saturated rings. The Morgan fingerprint density at radius 3 is 2.54 bits per heavy atom. The Balaban J connectivity index is 2.17. The second kappa shape index (κ2) is 6.54. The molecule has 0 unspecified atom stereocenters. The molecule has 0 saturated carbocycles. The van der Waals surface area contributed by atoms with Gasteiger partial charge in [-0.05, 0) is 12.1 Å². The van der Waals surface area contributed by atoms with Gasteiger partial charge in [0.2, 0.25) is 5.82 Å². The molecule has 2 aromatic heterocycles. The van der Waals surface area contributed by atoms with Crippen molar-refractivity contribution in [1.29, 1.82) is 0 Å². The van der Waals surface area contributed by atoms with E-state index in [0.717, 1.165) is 4.40 Å². The molecule has 1 aromatic carbocycles. The highest BCUT2D eigenvalue weighted by atomic mass is 32.2. The van der Waals surface area contributed by atoms with E-state index in [2.05, 4.69) is 15.2 Å². The first kappa shape index (κ1) is 16.9. The molecule has 0 amide bonds. The van der Waals surface area contributed by atoms with Gasteiger partial charge in [0.1, 0.15) is 5.03 Å². The summed E-state index contributed by atoms with van der Waals surface area (Å²) in [5.74, 6) is -0.727. The van der Waals surface area contributed by atoms with Crippen LogP contribution in [-0.4, -0.2) is 45.8 Å². The molecular weight excluding hydrogens is 345 g/mol. The Hall–Kier alpha value is -1.91. The summed E-state index contributed by atoms with van der Waals surface area (Å²) in [6, 6.07) is 6.54. The number of halogens is 3. The van der Waals surface area contributed by atoms with Gasteiger partial charge in [0.25, 0.3) is 0 Å². The molecule has 10 heteroatoms. The van der Waals surface area contributed by atoms with Gasteiger partial charge >= 0.3 is 6.18 Å². The average Bonchev–Trinajstić information content (AvgIpc) is 3.01. The van der Waals surface area contributed by atoms with Crippen LogP contribution in [0.2, 0.25) is 0 Å². The summed E-state index contributed by atoms with van der Waals surface area (Å²) in [5, 5.41) is 7.34. The van der Waals surface area contributed by atoms with Gasteiger partial charge in [0, 0.05) is 14.2 Å². The number of para-hydroxylation sites is 2. The number of rotatable bonds is 5. The van der Waals surface area contributed by atoms with Crippen LogP contribution in [0.3, 0.4) is 0 Å². The number of methoxy groups -OCH3 is 2. The van der Waals surface area contributed by atoms with E-state index < -0.39 is 18.3 Å². The molecule has 0 aliphatic carbocycles. The molecule has 3 aromatic rings. The third-order valence-corrected chi connectivity index (χ3v) is 4.32. The lowest BCUT2D eigenvalue weighted by Crippen LogP contribution is -2.16. The quantitative estimate of drug-likeness (QED) is 0.516. The Kier molecular flexibility index (Phi) is 4.61. The maximum Gasteiger partial charge on any atom is 0.452 e.